The lowest BCUT2D eigenvalue weighted by Crippen LogP contribution is -2.13. The van der Waals surface area contributed by atoms with Crippen LogP contribution in [0.25, 0.3) is 0 Å². The van der Waals surface area contributed by atoms with Gasteiger partial charge >= 0.3 is 0 Å². The SMILES string of the molecule is CCc1ccc(CNc2cccc(C(N)=O)c2C)s1. The second kappa shape index (κ2) is 5.89. The van der Waals surface area contributed by atoms with Gasteiger partial charge in [0.25, 0.3) is 0 Å². The molecule has 2 rings (SSSR count). The molecule has 2 aromatic rings. The minimum absolute atomic E-state index is 0.384. The molecule has 0 bridgehead atoms. The summed E-state index contributed by atoms with van der Waals surface area (Å²) >= 11 is 1.81. The Morgan fingerprint density at radius 1 is 1.26 bits per heavy atom. The van der Waals surface area contributed by atoms with E-state index in [1.165, 1.54) is 9.75 Å². The van der Waals surface area contributed by atoms with Gasteiger partial charge in [-0.25, -0.2) is 0 Å². The third kappa shape index (κ3) is 3.15. The molecule has 3 N–H and O–H groups in total. The summed E-state index contributed by atoms with van der Waals surface area (Å²) in [4.78, 5) is 14.0. The quantitative estimate of drug-likeness (QED) is 0.878. The van der Waals surface area contributed by atoms with Crippen LogP contribution in [-0.2, 0) is 13.0 Å². The lowest BCUT2D eigenvalue weighted by molar-refractivity contribution is 0.1000. The maximum atomic E-state index is 11.3. The van der Waals surface area contributed by atoms with E-state index in [1.54, 1.807) is 6.07 Å². The Bertz CT molecular complexity index is 590. The summed E-state index contributed by atoms with van der Waals surface area (Å²) in [5, 5.41) is 3.36. The van der Waals surface area contributed by atoms with Gasteiger partial charge in [0.05, 0.1) is 0 Å². The summed E-state index contributed by atoms with van der Waals surface area (Å²) in [5.41, 5.74) is 7.79. The molecule has 3 nitrogen and oxygen atoms in total. The highest BCUT2D eigenvalue weighted by molar-refractivity contribution is 7.12. The number of primary amides is 1. The summed E-state index contributed by atoms with van der Waals surface area (Å²) in [6.07, 6.45) is 1.07. The lowest BCUT2D eigenvalue weighted by atomic mass is 10.1. The molecule has 0 saturated heterocycles. The average Bonchev–Trinajstić information content (AvgIpc) is 2.85. The Morgan fingerprint density at radius 2 is 2.00 bits per heavy atom. The molecule has 4 heteroatoms. The maximum absolute atomic E-state index is 11.3. The Kier molecular flexibility index (Phi) is 4.22. The van der Waals surface area contributed by atoms with Crippen molar-refractivity contribution in [2.45, 2.75) is 26.8 Å². The Morgan fingerprint density at radius 3 is 2.63 bits per heavy atom. The number of hydrogen-bond acceptors (Lipinski definition) is 3. The van der Waals surface area contributed by atoms with Crippen molar-refractivity contribution in [2.24, 2.45) is 5.73 Å². The Labute approximate surface area is 117 Å². The van der Waals surface area contributed by atoms with Gasteiger partial charge in [-0.1, -0.05) is 13.0 Å². The van der Waals surface area contributed by atoms with E-state index in [4.69, 9.17) is 5.73 Å². The molecule has 1 heterocycles. The van der Waals surface area contributed by atoms with E-state index in [2.05, 4.69) is 24.4 Å². The number of rotatable bonds is 5. The molecule has 100 valence electrons. The molecule has 0 saturated carbocycles. The first-order valence-electron chi connectivity index (χ1n) is 6.32. The molecule has 0 spiro atoms. The van der Waals surface area contributed by atoms with Crippen molar-refractivity contribution in [1.29, 1.82) is 0 Å². The fourth-order valence-electron chi connectivity index (χ4n) is 1.98. The van der Waals surface area contributed by atoms with Gasteiger partial charge in [-0.3, -0.25) is 4.79 Å². The van der Waals surface area contributed by atoms with Crippen molar-refractivity contribution in [3.05, 3.63) is 51.2 Å². The largest absolute Gasteiger partial charge is 0.380 e. The first-order chi connectivity index (χ1) is 9.11. The van der Waals surface area contributed by atoms with Crippen molar-refractivity contribution in [1.82, 2.24) is 0 Å². The second-order valence-corrected chi connectivity index (χ2v) is 5.67. The van der Waals surface area contributed by atoms with Gasteiger partial charge in [0.15, 0.2) is 0 Å². The molecule has 0 atom stereocenters. The van der Waals surface area contributed by atoms with Crippen LogP contribution in [0.15, 0.2) is 30.3 Å². The smallest absolute Gasteiger partial charge is 0.249 e. The highest BCUT2D eigenvalue weighted by atomic mass is 32.1. The third-order valence-electron chi connectivity index (χ3n) is 3.12. The third-order valence-corrected chi connectivity index (χ3v) is 4.35. The molecule has 0 aliphatic rings. The van der Waals surface area contributed by atoms with Gasteiger partial charge in [-0.2, -0.15) is 0 Å². The van der Waals surface area contributed by atoms with Gasteiger partial charge in [-0.15, -0.1) is 11.3 Å². The van der Waals surface area contributed by atoms with E-state index in [0.29, 0.717) is 5.56 Å². The molecule has 0 aliphatic heterocycles. The summed E-state index contributed by atoms with van der Waals surface area (Å²) in [6.45, 7) is 4.84. The van der Waals surface area contributed by atoms with Crippen LogP contribution in [-0.4, -0.2) is 5.91 Å². The highest BCUT2D eigenvalue weighted by Crippen LogP contribution is 2.22. The Hall–Kier alpha value is -1.81. The van der Waals surface area contributed by atoms with Crippen LogP contribution < -0.4 is 11.1 Å². The normalized spacial score (nSPS) is 10.4. The van der Waals surface area contributed by atoms with E-state index in [0.717, 1.165) is 24.2 Å². The fourth-order valence-corrected chi connectivity index (χ4v) is 2.88. The van der Waals surface area contributed by atoms with E-state index in [-0.39, 0.29) is 5.91 Å². The second-order valence-electron chi connectivity index (χ2n) is 4.42. The molecule has 19 heavy (non-hydrogen) atoms. The van der Waals surface area contributed by atoms with E-state index < -0.39 is 0 Å². The molecule has 0 aliphatic carbocycles. The first kappa shape index (κ1) is 13.6. The van der Waals surface area contributed by atoms with Crippen molar-refractivity contribution in [3.63, 3.8) is 0 Å². The molecule has 1 aromatic carbocycles. The van der Waals surface area contributed by atoms with Crippen LogP contribution in [0, 0.1) is 6.92 Å². The van der Waals surface area contributed by atoms with Gasteiger partial charge in [0.2, 0.25) is 5.91 Å². The number of benzene rings is 1. The van der Waals surface area contributed by atoms with Gasteiger partial charge in [-0.05, 0) is 43.2 Å². The number of aryl methyl sites for hydroxylation is 1. The van der Waals surface area contributed by atoms with Gasteiger partial charge in [0, 0.05) is 27.5 Å². The van der Waals surface area contributed by atoms with Crippen molar-refractivity contribution in [3.8, 4) is 0 Å². The molecular formula is C15H18N2OS. The van der Waals surface area contributed by atoms with Gasteiger partial charge in [0.1, 0.15) is 0 Å². The standard InChI is InChI=1S/C15H18N2OS/c1-3-11-7-8-12(19-11)9-17-14-6-4-5-13(10(14)2)15(16)18/h4-8,17H,3,9H2,1-2H3,(H2,16,18). The van der Waals surface area contributed by atoms with Gasteiger partial charge < -0.3 is 11.1 Å². The lowest BCUT2D eigenvalue weighted by Gasteiger charge is -2.11. The van der Waals surface area contributed by atoms with Crippen molar-refractivity contribution >= 4 is 22.9 Å². The summed E-state index contributed by atoms with van der Waals surface area (Å²) in [7, 11) is 0. The number of carbonyl (C=O) groups excluding carboxylic acids is 1. The molecule has 1 amide bonds. The van der Waals surface area contributed by atoms with Crippen LogP contribution in [0.1, 0.15) is 32.6 Å². The van der Waals surface area contributed by atoms with Crippen LogP contribution in [0.2, 0.25) is 0 Å². The molecule has 1 aromatic heterocycles. The number of anilines is 1. The monoisotopic (exact) mass is 274 g/mol. The minimum atomic E-state index is -0.384. The van der Waals surface area contributed by atoms with Crippen LogP contribution in [0.4, 0.5) is 5.69 Å². The van der Waals surface area contributed by atoms with Crippen LogP contribution in [0.5, 0.6) is 0 Å². The predicted molar refractivity (Wildman–Crippen MR) is 80.7 cm³/mol. The topological polar surface area (TPSA) is 55.1 Å². The first-order valence-corrected chi connectivity index (χ1v) is 7.14. The minimum Gasteiger partial charge on any atom is -0.380 e. The van der Waals surface area contributed by atoms with Crippen LogP contribution >= 0.6 is 11.3 Å². The zero-order valence-corrected chi connectivity index (χ0v) is 12.0. The number of nitrogens with one attached hydrogen (secondary N) is 1. The zero-order chi connectivity index (χ0) is 13.8. The van der Waals surface area contributed by atoms with Crippen LogP contribution in [0.3, 0.4) is 0 Å². The molecule has 0 fully saturated rings. The van der Waals surface area contributed by atoms with Crippen molar-refractivity contribution < 1.29 is 4.79 Å². The molecule has 0 unspecified atom stereocenters. The number of thiophene rings is 1. The predicted octanol–water partition coefficient (Wildman–Crippen LogP) is 3.33. The summed E-state index contributed by atoms with van der Waals surface area (Å²) < 4.78 is 0. The fraction of sp³-hybridized carbons (Fsp3) is 0.267. The number of nitrogens with two attached hydrogens (primary N) is 1. The zero-order valence-electron chi connectivity index (χ0n) is 11.2. The summed E-state index contributed by atoms with van der Waals surface area (Å²) in [6, 6.07) is 9.87. The van der Waals surface area contributed by atoms with E-state index in [9.17, 15) is 4.79 Å². The van der Waals surface area contributed by atoms with Crippen molar-refractivity contribution in [2.75, 3.05) is 5.32 Å². The molecular weight excluding hydrogens is 256 g/mol. The Balaban J connectivity index is 2.11. The molecule has 0 radical (unpaired) electrons. The number of amides is 1. The average molecular weight is 274 g/mol. The maximum Gasteiger partial charge on any atom is 0.249 e. The van der Waals surface area contributed by atoms with E-state index in [1.807, 2.05) is 30.4 Å². The highest BCUT2D eigenvalue weighted by Gasteiger charge is 2.08. The summed E-state index contributed by atoms with van der Waals surface area (Å²) in [5.74, 6) is -0.384. The number of carbonyl (C=O) groups is 1. The number of hydrogen-bond donors (Lipinski definition) is 2. The van der Waals surface area contributed by atoms with E-state index >= 15 is 0 Å².